The van der Waals surface area contributed by atoms with Crippen LogP contribution in [0.1, 0.15) is 12.3 Å². The third kappa shape index (κ3) is 3.45. The zero-order chi connectivity index (χ0) is 17.7. The Balaban J connectivity index is 2.43. The molecular weight excluding hydrogens is 324 g/mol. The Morgan fingerprint density at radius 1 is 0.917 bits per heavy atom. The van der Waals surface area contributed by atoms with Crippen molar-refractivity contribution in [1.82, 2.24) is 19.1 Å². The van der Waals surface area contributed by atoms with E-state index in [4.69, 9.17) is 14.9 Å². The predicted octanol–water partition coefficient (Wildman–Crippen LogP) is -3.02. The highest BCUT2D eigenvalue weighted by molar-refractivity contribution is 5.69. The highest BCUT2D eigenvalue weighted by atomic mass is 16.5. The summed E-state index contributed by atoms with van der Waals surface area (Å²) in [6.07, 6.45) is 0.481. The van der Waals surface area contributed by atoms with Crippen LogP contribution in [-0.2, 0) is 4.74 Å². The van der Waals surface area contributed by atoms with Gasteiger partial charge < -0.3 is 30.3 Å². The second-order valence-electron chi connectivity index (χ2n) is 5.06. The monoisotopic (exact) mass is 344 g/mol. The Morgan fingerprint density at radius 3 is 2.08 bits per heavy atom. The number of ether oxygens (including phenoxy) is 1. The molecule has 0 saturated carbocycles. The smallest absolute Gasteiger partial charge is 0.281 e. The van der Waals surface area contributed by atoms with E-state index in [1.54, 1.807) is 0 Å². The van der Waals surface area contributed by atoms with Crippen LogP contribution in [0.3, 0.4) is 0 Å². The number of aromatic nitrogens is 4. The molecule has 0 aromatic carbocycles. The summed E-state index contributed by atoms with van der Waals surface area (Å²) in [6, 6.07) is -0.836. The van der Waals surface area contributed by atoms with E-state index in [2.05, 4.69) is 9.97 Å². The number of aliphatic hydroxyl groups is 5. The summed E-state index contributed by atoms with van der Waals surface area (Å²) in [5, 5.41) is 46.0. The first-order valence-corrected chi connectivity index (χ1v) is 7.24. The predicted molar refractivity (Wildman–Crippen MR) is 80.2 cm³/mol. The topological polar surface area (TPSA) is 163 Å². The first-order valence-electron chi connectivity index (χ1n) is 7.24. The van der Waals surface area contributed by atoms with Crippen molar-refractivity contribution < 1.29 is 30.3 Å². The highest BCUT2D eigenvalue weighted by Crippen LogP contribution is 2.16. The summed E-state index contributed by atoms with van der Waals surface area (Å²) < 4.78 is 7.72. The molecule has 0 amide bonds. The molecule has 0 radical (unpaired) electrons. The van der Waals surface area contributed by atoms with Crippen LogP contribution in [0.5, 0.6) is 0 Å². The minimum Gasteiger partial charge on any atom is -0.394 e. The van der Waals surface area contributed by atoms with Crippen molar-refractivity contribution in [2.75, 3.05) is 33.0 Å². The minimum absolute atomic E-state index is 0.0315. The fourth-order valence-electron chi connectivity index (χ4n) is 2.19. The van der Waals surface area contributed by atoms with Crippen LogP contribution < -0.4 is 5.56 Å². The maximum absolute atomic E-state index is 12.4. The molecule has 11 nitrogen and oxygen atoms in total. The standard InChI is InChI=1S/C13H20N4O7/c18-1-8(2-19)16-7-15-12-11(13(16)23)14-6-17(12)10(5-22)24-9(3-20)4-21/h6-10,18-22H,1-5H2/t10-/m1/s1. The molecule has 0 bridgehead atoms. The SMILES string of the molecule is O=c1c2ncn([C@@H](CO)OC(CO)CO)c2ncn1C(CO)CO. The average Bonchev–Trinajstić information content (AvgIpc) is 3.04. The maximum atomic E-state index is 12.4. The summed E-state index contributed by atoms with van der Waals surface area (Å²) >= 11 is 0. The second-order valence-corrected chi connectivity index (χ2v) is 5.06. The number of nitrogens with zero attached hydrogens (tertiary/aromatic N) is 4. The molecule has 0 saturated heterocycles. The highest BCUT2D eigenvalue weighted by Gasteiger charge is 2.22. The summed E-state index contributed by atoms with van der Waals surface area (Å²) in [7, 11) is 0. The van der Waals surface area contributed by atoms with E-state index in [1.165, 1.54) is 10.9 Å². The largest absolute Gasteiger partial charge is 0.394 e. The number of hydrogen-bond donors (Lipinski definition) is 5. The molecule has 0 fully saturated rings. The van der Waals surface area contributed by atoms with Gasteiger partial charge in [-0.3, -0.25) is 13.9 Å². The van der Waals surface area contributed by atoms with Crippen molar-refractivity contribution in [3.63, 3.8) is 0 Å². The van der Waals surface area contributed by atoms with E-state index >= 15 is 0 Å². The van der Waals surface area contributed by atoms with Gasteiger partial charge in [-0.05, 0) is 0 Å². The lowest BCUT2D eigenvalue weighted by Crippen LogP contribution is -2.31. The van der Waals surface area contributed by atoms with Gasteiger partial charge in [-0.25, -0.2) is 9.97 Å². The molecule has 0 aliphatic rings. The summed E-state index contributed by atoms with van der Waals surface area (Å²) in [6.45, 7) is -2.28. The zero-order valence-corrected chi connectivity index (χ0v) is 12.8. The fraction of sp³-hybridized carbons (Fsp3) is 0.615. The lowest BCUT2D eigenvalue weighted by Gasteiger charge is -2.22. The zero-order valence-electron chi connectivity index (χ0n) is 12.8. The number of imidazole rings is 1. The van der Waals surface area contributed by atoms with Gasteiger partial charge in [0.25, 0.3) is 5.56 Å². The molecule has 5 N–H and O–H groups in total. The van der Waals surface area contributed by atoms with Crippen LogP contribution in [0.2, 0.25) is 0 Å². The summed E-state index contributed by atoms with van der Waals surface area (Å²) in [5.74, 6) is 0. The van der Waals surface area contributed by atoms with E-state index in [9.17, 15) is 20.1 Å². The van der Waals surface area contributed by atoms with Gasteiger partial charge in [0, 0.05) is 0 Å². The van der Waals surface area contributed by atoms with Crippen molar-refractivity contribution in [2.24, 2.45) is 0 Å². The Hall–Kier alpha value is -1.89. The summed E-state index contributed by atoms with van der Waals surface area (Å²) in [5.41, 5.74) is -0.472. The molecular formula is C13H20N4O7. The molecule has 2 rings (SSSR count). The minimum atomic E-state index is -1.01. The van der Waals surface area contributed by atoms with Gasteiger partial charge in [-0.2, -0.15) is 0 Å². The van der Waals surface area contributed by atoms with Crippen LogP contribution in [-0.4, -0.2) is 83.8 Å². The van der Waals surface area contributed by atoms with E-state index in [1.807, 2.05) is 0 Å². The molecule has 2 aromatic rings. The molecule has 2 heterocycles. The second kappa shape index (κ2) is 8.28. The first-order chi connectivity index (χ1) is 11.6. The van der Waals surface area contributed by atoms with Gasteiger partial charge in [-0.15, -0.1) is 0 Å². The van der Waals surface area contributed by atoms with Gasteiger partial charge in [0.05, 0.1) is 45.4 Å². The van der Waals surface area contributed by atoms with Crippen LogP contribution in [0.15, 0.2) is 17.4 Å². The maximum Gasteiger partial charge on any atom is 0.281 e. The van der Waals surface area contributed by atoms with Gasteiger partial charge in [-0.1, -0.05) is 0 Å². The van der Waals surface area contributed by atoms with Gasteiger partial charge in [0.2, 0.25) is 0 Å². The third-order valence-corrected chi connectivity index (χ3v) is 3.55. The molecule has 0 unspecified atom stereocenters. The van der Waals surface area contributed by atoms with Gasteiger partial charge >= 0.3 is 0 Å². The first kappa shape index (κ1) is 18.4. The number of hydrogen-bond acceptors (Lipinski definition) is 9. The van der Waals surface area contributed by atoms with E-state index in [0.717, 1.165) is 10.9 Å². The van der Waals surface area contributed by atoms with Crippen LogP contribution in [0.4, 0.5) is 0 Å². The van der Waals surface area contributed by atoms with Crippen molar-refractivity contribution in [3.05, 3.63) is 23.0 Å². The Morgan fingerprint density at radius 2 is 1.54 bits per heavy atom. The summed E-state index contributed by atoms with van der Waals surface area (Å²) in [4.78, 5) is 20.4. The van der Waals surface area contributed by atoms with Gasteiger partial charge in [0.1, 0.15) is 12.4 Å². The van der Waals surface area contributed by atoms with E-state index < -0.39 is 57.0 Å². The van der Waals surface area contributed by atoms with Crippen molar-refractivity contribution in [2.45, 2.75) is 18.4 Å². The molecule has 0 aliphatic carbocycles. The van der Waals surface area contributed by atoms with Crippen molar-refractivity contribution in [1.29, 1.82) is 0 Å². The van der Waals surface area contributed by atoms with Crippen LogP contribution >= 0.6 is 0 Å². The molecule has 0 aliphatic heterocycles. The van der Waals surface area contributed by atoms with Gasteiger partial charge in [0.15, 0.2) is 17.4 Å². The molecule has 1 atom stereocenters. The molecule has 11 heteroatoms. The van der Waals surface area contributed by atoms with Crippen LogP contribution in [0.25, 0.3) is 11.2 Å². The molecule has 0 spiro atoms. The van der Waals surface area contributed by atoms with E-state index in [0.29, 0.717) is 0 Å². The molecule has 24 heavy (non-hydrogen) atoms. The number of aliphatic hydroxyl groups excluding tert-OH is 5. The number of rotatable bonds is 9. The van der Waals surface area contributed by atoms with Crippen molar-refractivity contribution >= 4 is 11.2 Å². The van der Waals surface area contributed by atoms with Crippen LogP contribution in [0, 0.1) is 0 Å². The third-order valence-electron chi connectivity index (χ3n) is 3.55. The lowest BCUT2D eigenvalue weighted by atomic mass is 10.3. The lowest BCUT2D eigenvalue weighted by molar-refractivity contribution is -0.110. The Kier molecular flexibility index (Phi) is 6.36. The van der Waals surface area contributed by atoms with E-state index in [-0.39, 0.29) is 11.2 Å². The average molecular weight is 344 g/mol. The normalized spacial score (nSPS) is 13.3. The molecule has 134 valence electrons. The molecule has 2 aromatic heterocycles. The Bertz CT molecular complexity index is 708. The van der Waals surface area contributed by atoms with Crippen molar-refractivity contribution in [3.8, 4) is 0 Å². The number of fused-ring (bicyclic) bond motifs is 1. The fourth-order valence-corrected chi connectivity index (χ4v) is 2.19. The quantitative estimate of drug-likeness (QED) is 0.318. The Labute approximate surface area is 136 Å².